The highest BCUT2D eigenvalue weighted by Gasteiger charge is 2.47. The number of aliphatic carboxylic acids is 1. The van der Waals surface area contributed by atoms with Gasteiger partial charge in [0.1, 0.15) is 6.04 Å². The highest BCUT2D eigenvalue weighted by atomic mass is 16.4. The number of amides is 3. The van der Waals surface area contributed by atoms with Gasteiger partial charge in [-0.3, -0.25) is 9.69 Å². The highest BCUT2D eigenvalue weighted by molar-refractivity contribution is 5.99. The smallest absolute Gasteiger partial charge is 0.326 e. The minimum atomic E-state index is -0.918. The van der Waals surface area contributed by atoms with E-state index in [-0.39, 0.29) is 18.0 Å². The number of carboxylic acids is 1. The number of carbonyl (C=O) groups excluding carboxylic acids is 2. The number of urea groups is 1. The number of fused-ring (bicyclic) bond motifs is 1. The Hall–Kier alpha value is -2.57. The number of anilines is 1. The molecule has 3 atom stereocenters. The molecule has 3 aliphatic rings. The summed E-state index contributed by atoms with van der Waals surface area (Å²) in [6.07, 6.45) is 4.59. The Labute approximate surface area is 152 Å². The van der Waals surface area contributed by atoms with Crippen molar-refractivity contribution in [1.29, 1.82) is 0 Å². The van der Waals surface area contributed by atoms with Gasteiger partial charge in [-0.2, -0.15) is 0 Å². The molecule has 0 spiro atoms. The molecule has 26 heavy (non-hydrogen) atoms. The van der Waals surface area contributed by atoms with Gasteiger partial charge in [0, 0.05) is 30.4 Å². The van der Waals surface area contributed by atoms with Crippen molar-refractivity contribution in [3.05, 3.63) is 29.8 Å². The van der Waals surface area contributed by atoms with Gasteiger partial charge < -0.3 is 15.3 Å². The van der Waals surface area contributed by atoms with E-state index in [1.54, 1.807) is 34.1 Å². The first-order valence-electron chi connectivity index (χ1n) is 9.27. The molecule has 138 valence electrons. The van der Waals surface area contributed by atoms with E-state index in [2.05, 4.69) is 5.32 Å². The van der Waals surface area contributed by atoms with Gasteiger partial charge in [0.15, 0.2) is 0 Å². The van der Waals surface area contributed by atoms with E-state index in [4.69, 9.17) is 0 Å². The van der Waals surface area contributed by atoms with Crippen molar-refractivity contribution in [1.82, 2.24) is 10.2 Å². The maximum atomic E-state index is 13.1. The maximum absolute atomic E-state index is 13.1. The van der Waals surface area contributed by atoms with Crippen molar-refractivity contribution in [2.45, 2.75) is 44.2 Å². The monoisotopic (exact) mass is 357 g/mol. The molecule has 2 heterocycles. The van der Waals surface area contributed by atoms with E-state index in [0.717, 1.165) is 31.4 Å². The highest BCUT2D eigenvalue weighted by Crippen LogP contribution is 2.40. The van der Waals surface area contributed by atoms with Gasteiger partial charge in [-0.1, -0.05) is 12.8 Å². The fourth-order valence-electron chi connectivity index (χ4n) is 4.62. The van der Waals surface area contributed by atoms with Crippen molar-refractivity contribution in [3.63, 3.8) is 0 Å². The number of likely N-dealkylation sites (tertiary alicyclic amines) is 1. The van der Waals surface area contributed by atoms with Crippen LogP contribution in [0.2, 0.25) is 0 Å². The molecule has 7 heteroatoms. The molecule has 0 radical (unpaired) electrons. The Balaban J connectivity index is 1.57. The van der Waals surface area contributed by atoms with Crippen molar-refractivity contribution < 1.29 is 19.5 Å². The summed E-state index contributed by atoms with van der Waals surface area (Å²) in [5.74, 6) is -0.844. The van der Waals surface area contributed by atoms with Crippen molar-refractivity contribution in [3.8, 4) is 0 Å². The van der Waals surface area contributed by atoms with E-state index in [1.807, 2.05) is 0 Å². The van der Waals surface area contributed by atoms with Crippen LogP contribution in [0.25, 0.3) is 0 Å². The van der Waals surface area contributed by atoms with Crippen molar-refractivity contribution >= 4 is 23.6 Å². The standard InChI is InChI=1S/C19H23N3O4/c23-17(12-5-7-14(8-6-12)21-10-9-20-19(21)26)22-15-4-2-1-3-13(15)11-16(22)18(24)25/h5-8,13,15-16H,1-4,9-11H2,(H,20,26)(H,24,25)/t13-,15+,16-/m0/s1. The molecule has 4 rings (SSSR count). The van der Waals surface area contributed by atoms with Crippen molar-refractivity contribution in [2.24, 2.45) is 5.92 Å². The summed E-state index contributed by atoms with van der Waals surface area (Å²) in [4.78, 5) is 39.8. The number of rotatable bonds is 3. The van der Waals surface area contributed by atoms with Gasteiger partial charge in [-0.05, 0) is 49.4 Å². The molecule has 2 saturated heterocycles. The quantitative estimate of drug-likeness (QED) is 0.867. The number of carbonyl (C=O) groups is 3. The van der Waals surface area contributed by atoms with Crippen LogP contribution in [0.15, 0.2) is 24.3 Å². The third-order valence-corrected chi connectivity index (χ3v) is 5.89. The third kappa shape index (κ3) is 2.81. The largest absolute Gasteiger partial charge is 0.480 e. The van der Waals surface area contributed by atoms with Crippen molar-refractivity contribution in [2.75, 3.05) is 18.0 Å². The van der Waals surface area contributed by atoms with Crippen LogP contribution in [0.4, 0.5) is 10.5 Å². The molecular weight excluding hydrogens is 334 g/mol. The minimum Gasteiger partial charge on any atom is -0.480 e. The fraction of sp³-hybridized carbons (Fsp3) is 0.526. The Bertz CT molecular complexity index is 733. The molecule has 1 saturated carbocycles. The topological polar surface area (TPSA) is 89.9 Å². The predicted molar refractivity (Wildman–Crippen MR) is 95.1 cm³/mol. The molecule has 0 unspecified atom stereocenters. The summed E-state index contributed by atoms with van der Waals surface area (Å²) in [6.45, 7) is 1.21. The summed E-state index contributed by atoms with van der Waals surface area (Å²) in [6, 6.07) is 6.04. The Kier molecular flexibility index (Phi) is 4.30. The fourth-order valence-corrected chi connectivity index (χ4v) is 4.62. The van der Waals surface area contributed by atoms with E-state index in [9.17, 15) is 19.5 Å². The predicted octanol–water partition coefficient (Wildman–Crippen LogP) is 2.07. The maximum Gasteiger partial charge on any atom is 0.326 e. The zero-order valence-electron chi connectivity index (χ0n) is 14.6. The minimum absolute atomic E-state index is 0.0291. The van der Waals surface area contributed by atoms with Crippen LogP contribution in [-0.2, 0) is 4.79 Å². The number of nitrogens with zero attached hydrogens (tertiary/aromatic N) is 2. The van der Waals surface area contributed by atoms with Crippen LogP contribution in [-0.4, -0.2) is 53.1 Å². The van der Waals surface area contributed by atoms with E-state index in [1.165, 1.54) is 0 Å². The average molecular weight is 357 g/mol. The number of hydrogen-bond donors (Lipinski definition) is 2. The Morgan fingerprint density at radius 1 is 1.12 bits per heavy atom. The zero-order chi connectivity index (χ0) is 18.3. The molecule has 7 nitrogen and oxygen atoms in total. The lowest BCUT2D eigenvalue weighted by Crippen LogP contribution is -2.46. The Morgan fingerprint density at radius 3 is 2.50 bits per heavy atom. The van der Waals surface area contributed by atoms with E-state index >= 15 is 0 Å². The lowest BCUT2D eigenvalue weighted by molar-refractivity contribution is -0.141. The van der Waals surface area contributed by atoms with Gasteiger partial charge in [0.25, 0.3) is 5.91 Å². The van der Waals surface area contributed by atoms with E-state index < -0.39 is 12.0 Å². The molecule has 1 aliphatic carbocycles. The summed E-state index contributed by atoms with van der Waals surface area (Å²) in [5.41, 5.74) is 1.22. The molecule has 0 bridgehead atoms. The second kappa shape index (κ2) is 6.63. The van der Waals surface area contributed by atoms with Gasteiger partial charge in [-0.15, -0.1) is 0 Å². The average Bonchev–Trinajstić information content (AvgIpc) is 3.25. The summed E-state index contributed by atoms with van der Waals surface area (Å²) >= 11 is 0. The zero-order valence-corrected chi connectivity index (χ0v) is 14.6. The van der Waals surface area contributed by atoms with Gasteiger partial charge in [0.05, 0.1) is 0 Å². The van der Waals surface area contributed by atoms with Crippen LogP contribution in [0.1, 0.15) is 42.5 Å². The number of hydrogen-bond acceptors (Lipinski definition) is 3. The van der Waals surface area contributed by atoms with Gasteiger partial charge in [0.2, 0.25) is 0 Å². The molecule has 2 aliphatic heterocycles. The molecule has 3 amide bonds. The number of benzene rings is 1. The molecular formula is C19H23N3O4. The Morgan fingerprint density at radius 2 is 1.85 bits per heavy atom. The molecule has 2 N–H and O–H groups in total. The first-order valence-corrected chi connectivity index (χ1v) is 9.27. The first kappa shape index (κ1) is 16.9. The lowest BCUT2D eigenvalue weighted by Gasteiger charge is -2.33. The molecule has 1 aromatic carbocycles. The molecule has 3 fully saturated rings. The lowest BCUT2D eigenvalue weighted by atomic mass is 9.84. The third-order valence-electron chi connectivity index (χ3n) is 5.89. The molecule has 0 aromatic heterocycles. The second-order valence-electron chi connectivity index (χ2n) is 7.34. The van der Waals surface area contributed by atoms with E-state index in [0.29, 0.717) is 31.0 Å². The van der Waals surface area contributed by atoms with Gasteiger partial charge >= 0.3 is 12.0 Å². The number of nitrogens with one attached hydrogen (secondary N) is 1. The summed E-state index contributed by atoms with van der Waals surface area (Å²) in [7, 11) is 0. The second-order valence-corrected chi connectivity index (χ2v) is 7.34. The normalized spacial score (nSPS) is 28.0. The van der Waals surface area contributed by atoms with Crippen LogP contribution in [0, 0.1) is 5.92 Å². The summed E-state index contributed by atoms with van der Waals surface area (Å²) < 4.78 is 0. The van der Waals surface area contributed by atoms with Crippen LogP contribution >= 0.6 is 0 Å². The van der Waals surface area contributed by atoms with Crippen LogP contribution in [0.3, 0.4) is 0 Å². The molecule has 1 aromatic rings. The van der Waals surface area contributed by atoms with Crippen LogP contribution in [0.5, 0.6) is 0 Å². The summed E-state index contributed by atoms with van der Waals surface area (Å²) in [5, 5.41) is 12.3. The van der Waals surface area contributed by atoms with Crippen LogP contribution < -0.4 is 10.2 Å². The van der Waals surface area contributed by atoms with Gasteiger partial charge in [-0.25, -0.2) is 9.59 Å². The number of carboxylic acid groups (broad SMARTS) is 1. The SMILES string of the molecule is O=C(O)[C@@H]1C[C@@H]2CCCC[C@H]2N1C(=O)c1ccc(N2CCNC2=O)cc1. The first-order chi connectivity index (χ1) is 12.6.